The van der Waals surface area contributed by atoms with Gasteiger partial charge in [0.15, 0.2) is 0 Å². The Morgan fingerprint density at radius 2 is 1.61 bits per heavy atom. The van der Waals surface area contributed by atoms with Crippen molar-refractivity contribution in [2.75, 3.05) is 20.2 Å². The highest BCUT2D eigenvalue weighted by Gasteiger charge is 2.53. The van der Waals surface area contributed by atoms with E-state index in [4.69, 9.17) is 14.1 Å². The van der Waals surface area contributed by atoms with Gasteiger partial charge in [-0.3, -0.25) is 24.1 Å². The van der Waals surface area contributed by atoms with E-state index in [0.717, 1.165) is 12.8 Å². The average molecular weight is 625 g/mol. The molecule has 0 saturated carbocycles. The monoisotopic (exact) mass is 624 g/mol. The summed E-state index contributed by atoms with van der Waals surface area (Å²) in [4.78, 5) is 69.2. The van der Waals surface area contributed by atoms with Gasteiger partial charge in [0.1, 0.15) is 12.0 Å². The normalized spacial score (nSPS) is 22.8. The van der Waals surface area contributed by atoms with E-state index in [0.29, 0.717) is 36.2 Å². The number of esters is 1. The lowest BCUT2D eigenvalue weighted by Gasteiger charge is -2.39. The van der Waals surface area contributed by atoms with Gasteiger partial charge in [-0.2, -0.15) is 0 Å². The van der Waals surface area contributed by atoms with E-state index < -0.39 is 43.7 Å². The minimum Gasteiger partial charge on any atom is -0.465 e. The maximum atomic E-state index is 13.2. The molecule has 2 fully saturated rings. The fourth-order valence-electron chi connectivity index (χ4n) is 6.00. The smallest absolute Gasteiger partial charge is 0.465 e. The van der Waals surface area contributed by atoms with E-state index >= 15 is 0 Å². The van der Waals surface area contributed by atoms with Crippen LogP contribution >= 0.6 is 8.03 Å². The minimum atomic E-state index is -2.10. The fourth-order valence-corrected chi connectivity index (χ4v) is 7.00. The highest BCUT2D eigenvalue weighted by molar-refractivity contribution is 7.48. The first-order valence-corrected chi connectivity index (χ1v) is 15.9. The van der Waals surface area contributed by atoms with Crippen LogP contribution in [0.25, 0.3) is 0 Å². The number of hydrogen-bond acceptors (Lipinski definition) is 10. The number of benzene rings is 2. The van der Waals surface area contributed by atoms with E-state index in [1.807, 2.05) is 13.1 Å². The van der Waals surface area contributed by atoms with Gasteiger partial charge in [0.05, 0.1) is 24.2 Å². The maximum absolute atomic E-state index is 13.2. The summed E-state index contributed by atoms with van der Waals surface area (Å²) in [7, 11) is -0.102. The van der Waals surface area contributed by atoms with E-state index in [2.05, 4.69) is 10.2 Å². The first-order chi connectivity index (χ1) is 21.2. The van der Waals surface area contributed by atoms with Gasteiger partial charge in [0.2, 0.25) is 11.2 Å². The third-order valence-corrected chi connectivity index (χ3v) is 9.51. The third kappa shape index (κ3) is 7.04. The van der Waals surface area contributed by atoms with Crippen LogP contribution in [-0.4, -0.2) is 78.0 Å². The Bertz CT molecular complexity index is 1400. The van der Waals surface area contributed by atoms with Crippen LogP contribution in [0.5, 0.6) is 0 Å². The number of piperidine rings is 1. The lowest BCUT2D eigenvalue weighted by atomic mass is 9.88. The molecule has 0 radical (unpaired) electrons. The molecule has 2 aromatic carbocycles. The Hall–Kier alpha value is -3.99. The first-order valence-electron chi connectivity index (χ1n) is 14.8. The van der Waals surface area contributed by atoms with E-state index in [1.54, 1.807) is 36.4 Å². The highest BCUT2D eigenvalue weighted by atomic mass is 31.1. The van der Waals surface area contributed by atoms with Gasteiger partial charge < -0.3 is 14.9 Å². The first kappa shape index (κ1) is 31.4. The molecule has 0 aromatic heterocycles. The summed E-state index contributed by atoms with van der Waals surface area (Å²) >= 11 is 0. The van der Waals surface area contributed by atoms with Gasteiger partial charge in [-0.1, -0.05) is 35.4 Å². The van der Waals surface area contributed by atoms with E-state index in [-0.39, 0.29) is 48.6 Å². The molecule has 5 rings (SSSR count). The van der Waals surface area contributed by atoms with Gasteiger partial charge in [0.25, 0.3) is 11.8 Å². The summed E-state index contributed by atoms with van der Waals surface area (Å²) in [6.07, 6.45) is 2.46. The number of hydroxylamine groups is 2. The molecule has 2 aromatic rings. The number of ether oxygens (including phenoxy) is 1. The van der Waals surface area contributed by atoms with Crippen LogP contribution in [0.3, 0.4) is 0 Å². The van der Waals surface area contributed by atoms with E-state index in [9.17, 15) is 28.5 Å². The van der Waals surface area contributed by atoms with Gasteiger partial charge in [-0.25, -0.2) is 4.79 Å². The molecule has 13 heteroatoms. The molecule has 44 heavy (non-hydrogen) atoms. The summed E-state index contributed by atoms with van der Waals surface area (Å²) in [6.45, 7) is 0.471. The highest BCUT2D eigenvalue weighted by Crippen LogP contribution is 2.43. The average Bonchev–Trinajstić information content (AvgIpc) is 3.40. The van der Waals surface area contributed by atoms with Gasteiger partial charge in [-0.15, -0.1) is 4.52 Å². The Balaban J connectivity index is 0.995. The maximum Gasteiger partial charge on any atom is 0.549 e. The summed E-state index contributed by atoms with van der Waals surface area (Å²) in [5.41, 5.74) is 0.306. The number of fused-ring (bicyclic) bond motifs is 3. The van der Waals surface area contributed by atoms with Crippen LogP contribution in [0.4, 0.5) is 0 Å². The SMILES string of the molecule is CN1C2CCC1C(C(=O)OCCCCNC(=O)CCC(=O)ON1C(=O)c3ccccc3C1=O)C(O[P+](=O)c1ccccc1)C2. The summed E-state index contributed by atoms with van der Waals surface area (Å²) < 4.78 is 24.5. The lowest BCUT2D eigenvalue weighted by Crippen LogP contribution is -2.52. The number of nitrogens with zero attached hydrogens (tertiary/aromatic N) is 2. The summed E-state index contributed by atoms with van der Waals surface area (Å²) in [6, 6.07) is 15.3. The largest absolute Gasteiger partial charge is 0.549 e. The molecule has 0 spiro atoms. The van der Waals surface area contributed by atoms with Gasteiger partial charge in [0, 0.05) is 25.0 Å². The quantitative estimate of drug-likeness (QED) is 0.153. The second-order valence-electron chi connectivity index (χ2n) is 11.1. The number of carbonyl (C=O) groups is 5. The molecule has 3 amide bonds. The zero-order valence-corrected chi connectivity index (χ0v) is 25.3. The molecule has 5 unspecified atom stereocenters. The summed E-state index contributed by atoms with van der Waals surface area (Å²) in [5.74, 6) is -3.63. The van der Waals surface area contributed by atoms with Crippen LogP contribution in [0.15, 0.2) is 54.6 Å². The Labute approximate surface area is 255 Å². The Kier molecular flexibility index (Phi) is 10.1. The van der Waals surface area contributed by atoms with Crippen LogP contribution < -0.4 is 10.6 Å². The number of hydrogen-bond donors (Lipinski definition) is 1. The van der Waals surface area contributed by atoms with Crippen molar-refractivity contribution in [2.24, 2.45) is 5.92 Å². The van der Waals surface area contributed by atoms with Crippen molar-refractivity contribution in [3.8, 4) is 0 Å². The topological polar surface area (TPSA) is 149 Å². The predicted octanol–water partition coefficient (Wildman–Crippen LogP) is 2.90. The van der Waals surface area contributed by atoms with Crippen molar-refractivity contribution in [3.05, 3.63) is 65.7 Å². The van der Waals surface area contributed by atoms with Crippen LogP contribution in [-0.2, 0) is 33.0 Å². The molecule has 12 nitrogen and oxygen atoms in total. The molecule has 5 atom stereocenters. The molecule has 2 bridgehead atoms. The molecule has 2 saturated heterocycles. The summed E-state index contributed by atoms with van der Waals surface area (Å²) in [5, 5.41) is 3.70. The fraction of sp³-hybridized carbons (Fsp3) is 0.452. The van der Waals surface area contributed by atoms with E-state index in [1.165, 1.54) is 12.1 Å². The zero-order chi connectivity index (χ0) is 31.2. The van der Waals surface area contributed by atoms with Gasteiger partial charge in [-0.05, 0) is 68.0 Å². The van der Waals surface area contributed by atoms with Crippen molar-refractivity contribution < 1.29 is 42.6 Å². The molecule has 3 heterocycles. The standard InChI is InChI=1S/C31H34N3O9P/c1-33-20-13-14-24(33)28(25(19-20)43-44(40)21-9-3-2-4-10-21)31(39)41-18-8-7-17-32-26(35)15-16-27(36)42-34-29(37)22-11-5-6-12-23(22)30(34)38/h2-6,9-12,20,24-25,28H,7-8,13-19H2,1H3/p+1. The second-order valence-corrected chi connectivity index (χ2v) is 12.3. The number of nitrogens with one attached hydrogen (secondary N) is 1. The van der Waals surface area contributed by atoms with Gasteiger partial charge >= 0.3 is 20.0 Å². The molecular weight excluding hydrogens is 589 g/mol. The Morgan fingerprint density at radius 1 is 0.932 bits per heavy atom. The molecule has 0 aliphatic carbocycles. The number of carbonyl (C=O) groups excluding carboxylic acids is 5. The predicted molar refractivity (Wildman–Crippen MR) is 157 cm³/mol. The lowest BCUT2D eigenvalue weighted by molar-refractivity contribution is -0.169. The number of unbranched alkanes of at least 4 members (excludes halogenated alkanes) is 1. The zero-order valence-electron chi connectivity index (χ0n) is 24.4. The minimum absolute atomic E-state index is 0.0339. The second kappa shape index (κ2) is 14.2. The van der Waals surface area contributed by atoms with Crippen molar-refractivity contribution >= 4 is 43.0 Å². The van der Waals surface area contributed by atoms with Crippen molar-refractivity contribution in [1.82, 2.24) is 15.3 Å². The van der Waals surface area contributed by atoms with Crippen molar-refractivity contribution in [2.45, 2.75) is 63.1 Å². The van der Waals surface area contributed by atoms with Crippen molar-refractivity contribution in [3.63, 3.8) is 0 Å². The molecule has 232 valence electrons. The molecule has 3 aliphatic rings. The molecule has 1 N–H and O–H groups in total. The number of amides is 3. The number of rotatable bonds is 13. The van der Waals surface area contributed by atoms with Crippen LogP contribution in [0.1, 0.15) is 65.7 Å². The van der Waals surface area contributed by atoms with Crippen LogP contribution in [0.2, 0.25) is 0 Å². The van der Waals surface area contributed by atoms with Crippen molar-refractivity contribution in [1.29, 1.82) is 0 Å². The third-order valence-electron chi connectivity index (χ3n) is 8.33. The Morgan fingerprint density at radius 3 is 2.32 bits per heavy atom. The molecular formula is C31H35N3O9P+. The number of imide groups is 1. The van der Waals surface area contributed by atoms with Crippen LogP contribution in [0, 0.1) is 5.92 Å². The molecule has 3 aliphatic heterocycles.